The fraction of sp³-hybridized carbons (Fsp3) is 0.538. The van der Waals surface area contributed by atoms with Gasteiger partial charge in [0.15, 0.2) is 0 Å². The lowest BCUT2D eigenvalue weighted by Gasteiger charge is -2.25. The van der Waals surface area contributed by atoms with Crippen LogP contribution in [0.5, 0.6) is 5.75 Å². The Bertz CT molecular complexity index is 528. The van der Waals surface area contributed by atoms with Crippen molar-refractivity contribution >= 4 is 19.7 Å². The van der Waals surface area contributed by atoms with Crippen LogP contribution in [0.1, 0.15) is 6.42 Å². The number of hydrogen-bond acceptors (Lipinski definition) is 6. The Hall–Kier alpha value is -0.860. The maximum absolute atomic E-state index is 11.1. The molecular formula is C13H18ClNO5S. The van der Waals surface area contributed by atoms with Gasteiger partial charge in [-0.15, -0.1) is 0 Å². The Morgan fingerprint density at radius 2 is 1.81 bits per heavy atom. The van der Waals surface area contributed by atoms with Crippen LogP contribution in [0.4, 0.5) is 0 Å². The van der Waals surface area contributed by atoms with E-state index >= 15 is 0 Å². The summed E-state index contributed by atoms with van der Waals surface area (Å²) in [5, 5.41) is 1.89. The first kappa shape index (κ1) is 16.5. The molecule has 0 radical (unpaired) electrons. The lowest BCUT2D eigenvalue weighted by atomic mass is 10.3. The molecule has 118 valence electrons. The SMILES string of the molecule is O=S(=O)(Cl)c1ccc(OCCCON2CCOCC2)cc1. The Labute approximate surface area is 128 Å². The first-order valence-corrected chi connectivity index (χ1v) is 9.00. The van der Waals surface area contributed by atoms with Crippen molar-refractivity contribution in [1.82, 2.24) is 5.06 Å². The Kier molecular flexibility index (Phi) is 6.25. The van der Waals surface area contributed by atoms with Gasteiger partial charge in [0.1, 0.15) is 5.75 Å². The molecule has 1 aromatic carbocycles. The van der Waals surface area contributed by atoms with Crippen molar-refractivity contribution in [1.29, 1.82) is 0 Å². The molecule has 0 bridgehead atoms. The summed E-state index contributed by atoms with van der Waals surface area (Å²) in [6.07, 6.45) is 0.743. The second-order valence-corrected chi connectivity index (χ2v) is 7.05. The highest BCUT2D eigenvalue weighted by Crippen LogP contribution is 2.19. The van der Waals surface area contributed by atoms with Gasteiger partial charge < -0.3 is 9.47 Å². The molecule has 0 amide bonds. The Morgan fingerprint density at radius 1 is 1.14 bits per heavy atom. The van der Waals surface area contributed by atoms with Crippen molar-refractivity contribution in [2.75, 3.05) is 39.5 Å². The van der Waals surface area contributed by atoms with Gasteiger partial charge in [-0.25, -0.2) is 8.42 Å². The van der Waals surface area contributed by atoms with Gasteiger partial charge in [-0.3, -0.25) is 4.84 Å². The summed E-state index contributed by atoms with van der Waals surface area (Å²) in [7, 11) is 1.55. The van der Waals surface area contributed by atoms with E-state index in [1.807, 2.05) is 5.06 Å². The van der Waals surface area contributed by atoms with Crippen molar-refractivity contribution in [3.05, 3.63) is 24.3 Å². The van der Waals surface area contributed by atoms with Crippen LogP contribution in [0.2, 0.25) is 0 Å². The Morgan fingerprint density at radius 3 is 2.43 bits per heavy atom. The standard InChI is InChI=1S/C13H18ClNO5S/c14-21(16,17)13-4-2-12(3-5-13)19-8-1-9-20-15-6-10-18-11-7-15/h2-5H,1,6-11H2. The lowest BCUT2D eigenvalue weighted by molar-refractivity contribution is -0.194. The molecule has 1 aliphatic heterocycles. The van der Waals surface area contributed by atoms with Crippen LogP contribution in [-0.2, 0) is 18.6 Å². The second kappa shape index (κ2) is 7.95. The molecule has 1 fully saturated rings. The average molecular weight is 336 g/mol. The van der Waals surface area contributed by atoms with Crippen molar-refractivity contribution in [3.63, 3.8) is 0 Å². The molecule has 2 rings (SSSR count). The van der Waals surface area contributed by atoms with E-state index in [1.165, 1.54) is 12.1 Å². The smallest absolute Gasteiger partial charge is 0.261 e. The predicted octanol–water partition coefficient (Wildman–Crippen LogP) is 1.65. The van der Waals surface area contributed by atoms with Crippen molar-refractivity contribution in [2.45, 2.75) is 11.3 Å². The van der Waals surface area contributed by atoms with Crippen LogP contribution in [-0.4, -0.2) is 53.0 Å². The van der Waals surface area contributed by atoms with Gasteiger partial charge in [0.2, 0.25) is 0 Å². The second-order valence-electron chi connectivity index (χ2n) is 4.49. The molecule has 8 heteroatoms. The minimum atomic E-state index is -3.68. The summed E-state index contributed by atoms with van der Waals surface area (Å²) in [5.41, 5.74) is 0. The number of halogens is 1. The van der Waals surface area contributed by atoms with E-state index in [4.69, 9.17) is 25.0 Å². The molecule has 1 aliphatic rings. The predicted molar refractivity (Wildman–Crippen MR) is 77.9 cm³/mol. The fourth-order valence-electron chi connectivity index (χ4n) is 1.82. The molecule has 0 N–H and O–H groups in total. The summed E-state index contributed by atoms with van der Waals surface area (Å²) >= 11 is 0. The fourth-order valence-corrected chi connectivity index (χ4v) is 2.59. The van der Waals surface area contributed by atoms with Crippen molar-refractivity contribution in [3.8, 4) is 5.75 Å². The third-order valence-corrected chi connectivity index (χ3v) is 4.28. The number of ether oxygens (including phenoxy) is 2. The summed E-state index contributed by atoms with van der Waals surface area (Å²) in [6, 6.07) is 6.00. The minimum Gasteiger partial charge on any atom is -0.494 e. The number of nitrogens with zero attached hydrogens (tertiary/aromatic N) is 1. The zero-order valence-corrected chi connectivity index (χ0v) is 13.1. The molecule has 0 aliphatic carbocycles. The van der Waals surface area contributed by atoms with Gasteiger partial charge in [-0.1, -0.05) is 0 Å². The van der Waals surface area contributed by atoms with E-state index in [2.05, 4.69) is 0 Å². The van der Waals surface area contributed by atoms with Crippen LogP contribution in [0.15, 0.2) is 29.2 Å². The third kappa shape index (κ3) is 5.80. The topological polar surface area (TPSA) is 65.1 Å². The number of benzene rings is 1. The van der Waals surface area contributed by atoms with E-state index in [-0.39, 0.29) is 4.90 Å². The highest BCUT2D eigenvalue weighted by molar-refractivity contribution is 8.13. The molecule has 0 unspecified atom stereocenters. The molecular weight excluding hydrogens is 318 g/mol. The summed E-state index contributed by atoms with van der Waals surface area (Å²) < 4.78 is 32.9. The molecule has 1 saturated heterocycles. The number of hydroxylamine groups is 2. The summed E-state index contributed by atoms with van der Waals surface area (Å²) in [4.78, 5) is 5.62. The van der Waals surface area contributed by atoms with Gasteiger partial charge >= 0.3 is 0 Å². The highest BCUT2D eigenvalue weighted by Gasteiger charge is 2.10. The molecule has 21 heavy (non-hydrogen) atoms. The van der Waals surface area contributed by atoms with Gasteiger partial charge in [0.25, 0.3) is 9.05 Å². The largest absolute Gasteiger partial charge is 0.494 e. The number of morpholine rings is 1. The van der Waals surface area contributed by atoms with E-state index in [0.29, 0.717) is 32.2 Å². The molecule has 0 atom stereocenters. The molecule has 0 saturated carbocycles. The van der Waals surface area contributed by atoms with E-state index in [1.54, 1.807) is 12.1 Å². The van der Waals surface area contributed by atoms with Crippen molar-refractivity contribution < 1.29 is 22.7 Å². The van der Waals surface area contributed by atoms with Gasteiger partial charge in [0, 0.05) is 30.2 Å². The first-order valence-electron chi connectivity index (χ1n) is 6.69. The number of hydrogen-bond donors (Lipinski definition) is 0. The van der Waals surface area contributed by atoms with Crippen LogP contribution < -0.4 is 4.74 Å². The summed E-state index contributed by atoms with van der Waals surface area (Å²) in [5.74, 6) is 0.602. The Balaban J connectivity index is 1.64. The lowest BCUT2D eigenvalue weighted by Crippen LogP contribution is -2.36. The minimum absolute atomic E-state index is 0.0622. The molecule has 6 nitrogen and oxygen atoms in total. The normalized spacial score (nSPS) is 16.8. The molecule has 0 spiro atoms. The van der Waals surface area contributed by atoms with Crippen LogP contribution in [0, 0.1) is 0 Å². The average Bonchev–Trinajstić information content (AvgIpc) is 2.47. The molecule has 0 aromatic heterocycles. The first-order chi connectivity index (χ1) is 10.1. The summed E-state index contributed by atoms with van der Waals surface area (Å²) in [6.45, 7) is 4.05. The zero-order chi connectivity index (χ0) is 15.1. The maximum Gasteiger partial charge on any atom is 0.261 e. The molecule has 1 aromatic rings. The van der Waals surface area contributed by atoms with Crippen LogP contribution in [0.3, 0.4) is 0 Å². The number of rotatable bonds is 7. The maximum atomic E-state index is 11.1. The van der Waals surface area contributed by atoms with Crippen molar-refractivity contribution in [2.24, 2.45) is 0 Å². The van der Waals surface area contributed by atoms with Gasteiger partial charge in [-0.05, 0) is 24.3 Å². The van der Waals surface area contributed by atoms with Gasteiger partial charge in [0.05, 0.1) is 31.3 Å². The van der Waals surface area contributed by atoms with Crippen LogP contribution in [0.25, 0.3) is 0 Å². The van der Waals surface area contributed by atoms with E-state index in [9.17, 15) is 8.42 Å². The monoisotopic (exact) mass is 335 g/mol. The quantitative estimate of drug-likeness (QED) is 0.557. The third-order valence-electron chi connectivity index (χ3n) is 2.91. The van der Waals surface area contributed by atoms with E-state index in [0.717, 1.165) is 19.5 Å². The zero-order valence-electron chi connectivity index (χ0n) is 11.5. The van der Waals surface area contributed by atoms with Gasteiger partial charge in [-0.2, -0.15) is 5.06 Å². The van der Waals surface area contributed by atoms with Crippen LogP contribution >= 0.6 is 10.7 Å². The highest BCUT2D eigenvalue weighted by atomic mass is 35.7. The molecule has 1 heterocycles. The van der Waals surface area contributed by atoms with E-state index < -0.39 is 9.05 Å².